The summed E-state index contributed by atoms with van der Waals surface area (Å²) >= 11 is 0. The summed E-state index contributed by atoms with van der Waals surface area (Å²) in [5.74, 6) is 2.12. The zero-order chi connectivity index (χ0) is 14.4. The molecular formula is C20H25+. The van der Waals surface area contributed by atoms with E-state index in [0.717, 1.165) is 19.3 Å². The van der Waals surface area contributed by atoms with Gasteiger partial charge in [0.1, 0.15) is 11.1 Å². The molecule has 2 rings (SSSR count). The molecule has 0 N–H and O–H groups in total. The van der Waals surface area contributed by atoms with Crippen molar-refractivity contribution in [3.05, 3.63) is 71.7 Å². The van der Waals surface area contributed by atoms with Gasteiger partial charge in [0.05, 0.1) is 6.08 Å². The van der Waals surface area contributed by atoms with Crippen molar-refractivity contribution in [2.45, 2.75) is 39.5 Å². The third kappa shape index (κ3) is 3.90. The molecule has 0 heterocycles. The number of benzene rings is 1. The Morgan fingerprint density at radius 1 is 1.30 bits per heavy atom. The Morgan fingerprint density at radius 3 is 2.90 bits per heavy atom. The van der Waals surface area contributed by atoms with E-state index in [-0.39, 0.29) is 0 Å². The first-order valence-corrected chi connectivity index (χ1v) is 7.63. The lowest BCUT2D eigenvalue weighted by Gasteiger charge is -2.10. The Kier molecular flexibility index (Phi) is 5.29. The zero-order valence-electron chi connectivity index (χ0n) is 12.7. The quantitative estimate of drug-likeness (QED) is 0.421. The fourth-order valence-corrected chi connectivity index (χ4v) is 2.73. The molecular weight excluding hydrogens is 240 g/mol. The van der Waals surface area contributed by atoms with Crippen LogP contribution in [0.1, 0.15) is 50.7 Å². The molecule has 0 saturated carbocycles. The van der Waals surface area contributed by atoms with Crippen molar-refractivity contribution >= 4 is 6.08 Å². The van der Waals surface area contributed by atoms with Crippen molar-refractivity contribution in [1.82, 2.24) is 0 Å². The molecule has 1 aliphatic rings. The predicted molar refractivity (Wildman–Crippen MR) is 89.4 cm³/mol. The second-order valence-corrected chi connectivity index (χ2v) is 5.74. The molecule has 0 aliphatic heterocycles. The molecule has 0 radical (unpaired) electrons. The first kappa shape index (κ1) is 14.7. The minimum Gasteiger partial charge on any atom is -0.0998 e. The summed E-state index contributed by atoms with van der Waals surface area (Å²) in [5, 5.41) is 0. The first-order chi connectivity index (χ1) is 9.70. The highest BCUT2D eigenvalue weighted by atomic mass is 14.2. The zero-order valence-corrected chi connectivity index (χ0v) is 12.7. The van der Waals surface area contributed by atoms with E-state index in [1.54, 1.807) is 0 Å². The molecule has 0 saturated heterocycles. The maximum absolute atomic E-state index is 4.24. The van der Waals surface area contributed by atoms with Crippen LogP contribution in [-0.2, 0) is 0 Å². The monoisotopic (exact) mass is 265 g/mol. The van der Waals surface area contributed by atoms with E-state index in [4.69, 9.17) is 0 Å². The van der Waals surface area contributed by atoms with Crippen molar-refractivity contribution in [1.29, 1.82) is 0 Å². The Labute approximate surface area is 123 Å². The summed E-state index contributed by atoms with van der Waals surface area (Å²) in [6, 6.07) is 8.64. The van der Waals surface area contributed by atoms with Crippen LogP contribution in [0.25, 0.3) is 6.08 Å². The fourth-order valence-electron chi connectivity index (χ4n) is 2.73. The van der Waals surface area contributed by atoms with Crippen LogP contribution in [0.3, 0.4) is 0 Å². The molecule has 1 atom stereocenters. The van der Waals surface area contributed by atoms with Gasteiger partial charge < -0.3 is 0 Å². The highest BCUT2D eigenvalue weighted by Crippen LogP contribution is 2.33. The largest absolute Gasteiger partial charge is 0.116 e. The lowest BCUT2D eigenvalue weighted by atomic mass is 9.92. The summed E-state index contributed by atoms with van der Waals surface area (Å²) in [6.45, 7) is 8.61. The van der Waals surface area contributed by atoms with E-state index in [1.165, 1.54) is 29.0 Å². The lowest BCUT2D eigenvalue weighted by Crippen LogP contribution is -1.97. The van der Waals surface area contributed by atoms with Crippen LogP contribution in [0.5, 0.6) is 0 Å². The summed E-state index contributed by atoms with van der Waals surface area (Å²) in [5.41, 5.74) is 4.14. The molecule has 1 aromatic rings. The van der Waals surface area contributed by atoms with Gasteiger partial charge in [-0.3, -0.25) is 0 Å². The third-order valence-electron chi connectivity index (χ3n) is 3.99. The van der Waals surface area contributed by atoms with Gasteiger partial charge >= 0.3 is 0 Å². The van der Waals surface area contributed by atoms with Crippen LogP contribution in [0.15, 0.2) is 54.6 Å². The minimum absolute atomic E-state index is 0.663. The molecule has 0 aromatic heterocycles. The predicted octanol–water partition coefficient (Wildman–Crippen LogP) is 5.96. The van der Waals surface area contributed by atoms with Crippen molar-refractivity contribution in [3.8, 4) is 0 Å². The lowest BCUT2D eigenvalue weighted by molar-refractivity contribution is 0.631. The third-order valence-corrected chi connectivity index (χ3v) is 3.99. The summed E-state index contributed by atoms with van der Waals surface area (Å²) in [7, 11) is 0. The Hall–Kier alpha value is -1.69. The van der Waals surface area contributed by atoms with E-state index >= 15 is 0 Å². The van der Waals surface area contributed by atoms with Crippen LogP contribution >= 0.6 is 0 Å². The van der Waals surface area contributed by atoms with Crippen molar-refractivity contribution in [2.75, 3.05) is 0 Å². The molecule has 1 aromatic carbocycles. The molecule has 1 aliphatic carbocycles. The van der Waals surface area contributed by atoms with Crippen LogP contribution in [0.4, 0.5) is 0 Å². The number of rotatable bonds is 7. The van der Waals surface area contributed by atoms with E-state index in [9.17, 15) is 0 Å². The summed E-state index contributed by atoms with van der Waals surface area (Å²) < 4.78 is 0. The summed E-state index contributed by atoms with van der Waals surface area (Å²) in [6.07, 6.45) is 13.5. The number of hydrogen-bond acceptors (Lipinski definition) is 0. The Morgan fingerprint density at radius 2 is 2.10 bits per heavy atom. The first-order valence-electron chi connectivity index (χ1n) is 7.63. The van der Waals surface area contributed by atoms with Crippen LogP contribution < -0.4 is 0 Å². The molecule has 0 amide bonds. The average molecular weight is 265 g/mol. The second-order valence-electron chi connectivity index (χ2n) is 5.74. The van der Waals surface area contributed by atoms with Gasteiger partial charge in [-0.05, 0) is 50.3 Å². The topological polar surface area (TPSA) is 0 Å². The SMILES string of the molecule is C=C(CC[C+]1C=Cc2ccccc21)CCC(C)/C=C\C. The molecule has 104 valence electrons. The van der Waals surface area contributed by atoms with Gasteiger partial charge in [0.15, 0.2) is 0 Å². The van der Waals surface area contributed by atoms with Crippen LogP contribution in [0, 0.1) is 11.8 Å². The fraction of sp³-hybridized carbons (Fsp3) is 0.350. The van der Waals surface area contributed by atoms with Gasteiger partial charge in [-0.2, -0.15) is 0 Å². The van der Waals surface area contributed by atoms with E-state index in [0.29, 0.717) is 5.92 Å². The standard InChI is InChI=1S/C20H25/c1-4-7-16(2)10-11-17(3)12-13-19-15-14-18-8-5-6-9-20(18)19/h4-9,14-16H,3,10-13H2,1-2H3/q+1/b7-4-. The molecule has 0 spiro atoms. The molecule has 0 heteroatoms. The van der Waals surface area contributed by atoms with Gasteiger partial charge in [-0.15, -0.1) is 0 Å². The molecule has 0 fully saturated rings. The maximum Gasteiger partial charge on any atom is 0.116 e. The maximum atomic E-state index is 4.24. The Balaban J connectivity index is 1.76. The normalized spacial score (nSPS) is 14.8. The molecule has 0 nitrogen and oxygen atoms in total. The minimum atomic E-state index is 0.663. The smallest absolute Gasteiger partial charge is 0.0998 e. The van der Waals surface area contributed by atoms with E-state index < -0.39 is 0 Å². The summed E-state index contributed by atoms with van der Waals surface area (Å²) in [4.78, 5) is 0. The van der Waals surface area contributed by atoms with Crippen molar-refractivity contribution in [2.24, 2.45) is 5.92 Å². The number of fused-ring (bicyclic) bond motifs is 1. The van der Waals surface area contributed by atoms with Gasteiger partial charge in [0.25, 0.3) is 0 Å². The average Bonchev–Trinajstić information content (AvgIpc) is 2.86. The Bertz CT molecular complexity index is 505. The van der Waals surface area contributed by atoms with Crippen LogP contribution in [-0.4, -0.2) is 0 Å². The van der Waals surface area contributed by atoms with Gasteiger partial charge in [0.2, 0.25) is 0 Å². The highest BCUT2D eigenvalue weighted by Gasteiger charge is 2.24. The van der Waals surface area contributed by atoms with Crippen molar-refractivity contribution < 1.29 is 0 Å². The second kappa shape index (κ2) is 7.19. The number of hydrogen-bond donors (Lipinski definition) is 0. The number of allylic oxidation sites excluding steroid dienone is 4. The van der Waals surface area contributed by atoms with Crippen LogP contribution in [0.2, 0.25) is 0 Å². The molecule has 20 heavy (non-hydrogen) atoms. The van der Waals surface area contributed by atoms with Gasteiger partial charge in [-0.25, -0.2) is 0 Å². The van der Waals surface area contributed by atoms with E-state index in [2.05, 4.69) is 69.0 Å². The highest BCUT2D eigenvalue weighted by molar-refractivity contribution is 5.68. The van der Waals surface area contributed by atoms with Gasteiger partial charge in [-0.1, -0.05) is 31.2 Å². The van der Waals surface area contributed by atoms with Gasteiger partial charge in [0, 0.05) is 24.5 Å². The van der Waals surface area contributed by atoms with Crippen molar-refractivity contribution in [3.63, 3.8) is 0 Å². The molecule has 1 unspecified atom stereocenters. The van der Waals surface area contributed by atoms with E-state index in [1.807, 2.05) is 0 Å². The molecule has 0 bridgehead atoms.